The van der Waals surface area contributed by atoms with Gasteiger partial charge in [-0.25, -0.2) is 0 Å². The second-order valence-electron chi connectivity index (χ2n) is 4.97. The average Bonchev–Trinajstić information content (AvgIpc) is 2.45. The van der Waals surface area contributed by atoms with Gasteiger partial charge in [0.15, 0.2) is 0 Å². The van der Waals surface area contributed by atoms with Crippen LogP contribution in [0.2, 0.25) is 0 Å². The topological polar surface area (TPSA) is 66.8 Å². The molecule has 0 spiro atoms. The van der Waals surface area contributed by atoms with Crippen LogP contribution in [0.15, 0.2) is 24.3 Å². The minimum atomic E-state index is -0.899. The van der Waals surface area contributed by atoms with Crippen LogP contribution in [0.3, 0.4) is 0 Å². The van der Waals surface area contributed by atoms with Gasteiger partial charge >= 0.3 is 5.97 Å². The number of nitrogens with zero attached hydrogens (tertiary/aromatic N) is 1. The standard InChI is InChI=1S/C15H19NO4/c1-16(8-6-15(18)19)14(17)10-13-12-5-3-2-4-11(12)7-9-20-13/h2-5,13H,6-10H2,1H3,(H,18,19). The molecule has 0 saturated heterocycles. The van der Waals surface area contributed by atoms with E-state index in [9.17, 15) is 9.59 Å². The molecule has 1 aromatic carbocycles. The summed E-state index contributed by atoms with van der Waals surface area (Å²) in [5, 5.41) is 8.63. The summed E-state index contributed by atoms with van der Waals surface area (Å²) in [5.41, 5.74) is 2.29. The fourth-order valence-corrected chi connectivity index (χ4v) is 2.35. The Morgan fingerprint density at radius 3 is 2.90 bits per heavy atom. The third-order valence-corrected chi connectivity index (χ3v) is 3.54. The molecule has 1 N–H and O–H groups in total. The molecule has 1 aliphatic heterocycles. The number of hydrogen-bond donors (Lipinski definition) is 1. The van der Waals surface area contributed by atoms with Crippen molar-refractivity contribution < 1.29 is 19.4 Å². The number of aliphatic carboxylic acids is 1. The quantitative estimate of drug-likeness (QED) is 0.888. The van der Waals surface area contributed by atoms with Crippen LogP contribution in [0.5, 0.6) is 0 Å². The van der Waals surface area contributed by atoms with Gasteiger partial charge in [-0.2, -0.15) is 0 Å². The van der Waals surface area contributed by atoms with Gasteiger partial charge in [-0.1, -0.05) is 24.3 Å². The highest BCUT2D eigenvalue weighted by atomic mass is 16.5. The van der Waals surface area contributed by atoms with Crippen molar-refractivity contribution in [3.8, 4) is 0 Å². The van der Waals surface area contributed by atoms with Crippen molar-refractivity contribution in [3.63, 3.8) is 0 Å². The van der Waals surface area contributed by atoms with Gasteiger partial charge in [0.1, 0.15) is 0 Å². The number of carboxylic acid groups (broad SMARTS) is 1. The van der Waals surface area contributed by atoms with Gasteiger partial charge in [-0.3, -0.25) is 9.59 Å². The molecule has 1 amide bonds. The number of hydrogen-bond acceptors (Lipinski definition) is 3. The van der Waals surface area contributed by atoms with Gasteiger partial charge < -0.3 is 14.7 Å². The molecule has 108 valence electrons. The first-order valence-corrected chi connectivity index (χ1v) is 6.73. The Balaban J connectivity index is 1.97. The summed E-state index contributed by atoms with van der Waals surface area (Å²) in [5.74, 6) is -0.989. The van der Waals surface area contributed by atoms with E-state index in [-0.39, 0.29) is 31.4 Å². The third kappa shape index (κ3) is 3.57. The fourth-order valence-electron chi connectivity index (χ4n) is 2.35. The molecule has 20 heavy (non-hydrogen) atoms. The summed E-state index contributed by atoms with van der Waals surface area (Å²) in [6, 6.07) is 7.98. The summed E-state index contributed by atoms with van der Waals surface area (Å²) in [4.78, 5) is 24.1. The van der Waals surface area contributed by atoms with Crippen LogP contribution in [-0.2, 0) is 20.7 Å². The molecule has 1 aromatic rings. The van der Waals surface area contributed by atoms with Crippen molar-refractivity contribution >= 4 is 11.9 Å². The van der Waals surface area contributed by atoms with E-state index in [0.717, 1.165) is 12.0 Å². The lowest BCUT2D eigenvalue weighted by atomic mass is 9.95. The highest BCUT2D eigenvalue weighted by Gasteiger charge is 2.24. The van der Waals surface area contributed by atoms with Gasteiger partial charge in [0, 0.05) is 13.6 Å². The number of ether oxygens (including phenoxy) is 1. The second kappa shape index (κ2) is 6.52. The van der Waals surface area contributed by atoms with Crippen LogP contribution in [0.25, 0.3) is 0 Å². The molecule has 0 aliphatic carbocycles. The van der Waals surface area contributed by atoms with E-state index in [1.165, 1.54) is 10.5 Å². The van der Waals surface area contributed by atoms with E-state index in [1.54, 1.807) is 7.05 Å². The zero-order chi connectivity index (χ0) is 14.5. The molecule has 5 heteroatoms. The van der Waals surface area contributed by atoms with E-state index in [2.05, 4.69) is 6.07 Å². The van der Waals surface area contributed by atoms with Crippen LogP contribution in [0.4, 0.5) is 0 Å². The molecule has 5 nitrogen and oxygen atoms in total. The van der Waals surface area contributed by atoms with Crippen molar-refractivity contribution in [1.82, 2.24) is 4.90 Å². The van der Waals surface area contributed by atoms with E-state index in [1.807, 2.05) is 18.2 Å². The summed E-state index contributed by atoms with van der Waals surface area (Å²) in [6.45, 7) is 0.844. The molecule has 0 aromatic heterocycles. The number of benzene rings is 1. The first-order chi connectivity index (χ1) is 9.58. The maximum atomic E-state index is 12.1. The van der Waals surface area contributed by atoms with Crippen molar-refractivity contribution in [1.29, 1.82) is 0 Å². The monoisotopic (exact) mass is 277 g/mol. The minimum Gasteiger partial charge on any atom is -0.481 e. The lowest BCUT2D eigenvalue weighted by molar-refractivity contribution is -0.138. The molecule has 2 rings (SSSR count). The van der Waals surface area contributed by atoms with Gasteiger partial charge in [0.25, 0.3) is 0 Å². The summed E-state index contributed by atoms with van der Waals surface area (Å²) >= 11 is 0. The molecular formula is C15H19NO4. The largest absolute Gasteiger partial charge is 0.481 e. The number of rotatable bonds is 5. The van der Waals surface area contributed by atoms with E-state index in [4.69, 9.17) is 9.84 Å². The molecular weight excluding hydrogens is 258 g/mol. The smallest absolute Gasteiger partial charge is 0.305 e. The van der Waals surface area contributed by atoms with Gasteiger partial charge in [-0.15, -0.1) is 0 Å². The van der Waals surface area contributed by atoms with Crippen molar-refractivity contribution in [2.75, 3.05) is 20.2 Å². The van der Waals surface area contributed by atoms with Crippen molar-refractivity contribution in [2.24, 2.45) is 0 Å². The Kier molecular flexibility index (Phi) is 4.74. The first-order valence-electron chi connectivity index (χ1n) is 6.73. The van der Waals surface area contributed by atoms with Gasteiger partial charge in [0.05, 0.1) is 25.6 Å². The SMILES string of the molecule is CN(CCC(=O)O)C(=O)CC1OCCc2ccccc21. The Labute approximate surface area is 118 Å². The Bertz CT molecular complexity index is 500. The maximum absolute atomic E-state index is 12.1. The van der Waals surface area contributed by atoms with E-state index < -0.39 is 5.97 Å². The van der Waals surface area contributed by atoms with Crippen LogP contribution < -0.4 is 0 Å². The molecule has 1 unspecified atom stereocenters. The van der Waals surface area contributed by atoms with Crippen LogP contribution in [-0.4, -0.2) is 42.1 Å². The predicted octanol–water partition coefficient (Wildman–Crippen LogP) is 1.62. The maximum Gasteiger partial charge on any atom is 0.305 e. The molecule has 1 heterocycles. The fraction of sp³-hybridized carbons (Fsp3) is 0.467. The molecule has 1 atom stereocenters. The lowest BCUT2D eigenvalue weighted by Crippen LogP contribution is -2.31. The minimum absolute atomic E-state index is 0.0374. The second-order valence-corrected chi connectivity index (χ2v) is 4.97. The molecule has 0 radical (unpaired) electrons. The Morgan fingerprint density at radius 2 is 2.15 bits per heavy atom. The number of carbonyl (C=O) groups is 2. The Morgan fingerprint density at radius 1 is 1.40 bits per heavy atom. The predicted molar refractivity (Wildman–Crippen MR) is 73.3 cm³/mol. The van der Waals surface area contributed by atoms with E-state index >= 15 is 0 Å². The van der Waals surface area contributed by atoms with Gasteiger partial charge in [0.2, 0.25) is 5.91 Å². The zero-order valence-corrected chi connectivity index (χ0v) is 11.5. The number of amides is 1. The number of carboxylic acids is 1. The third-order valence-electron chi connectivity index (χ3n) is 3.54. The highest BCUT2D eigenvalue weighted by molar-refractivity contribution is 5.77. The molecule has 0 fully saturated rings. The van der Waals surface area contributed by atoms with Crippen molar-refractivity contribution in [3.05, 3.63) is 35.4 Å². The molecule has 0 saturated carbocycles. The van der Waals surface area contributed by atoms with Crippen LogP contribution in [0, 0.1) is 0 Å². The Hall–Kier alpha value is -1.88. The highest BCUT2D eigenvalue weighted by Crippen LogP contribution is 2.29. The van der Waals surface area contributed by atoms with E-state index in [0.29, 0.717) is 6.61 Å². The summed E-state index contributed by atoms with van der Waals surface area (Å²) in [6.07, 6.45) is 0.868. The van der Waals surface area contributed by atoms with Crippen molar-refractivity contribution in [2.45, 2.75) is 25.4 Å². The summed E-state index contributed by atoms with van der Waals surface area (Å²) in [7, 11) is 1.63. The number of fused-ring (bicyclic) bond motifs is 1. The number of carbonyl (C=O) groups excluding carboxylic acids is 1. The van der Waals surface area contributed by atoms with Crippen LogP contribution >= 0.6 is 0 Å². The average molecular weight is 277 g/mol. The van der Waals surface area contributed by atoms with Gasteiger partial charge in [-0.05, 0) is 17.5 Å². The first kappa shape index (κ1) is 14.5. The summed E-state index contributed by atoms with van der Waals surface area (Å²) < 4.78 is 5.69. The zero-order valence-electron chi connectivity index (χ0n) is 11.5. The normalized spacial score (nSPS) is 17.4. The van der Waals surface area contributed by atoms with Crippen LogP contribution in [0.1, 0.15) is 30.1 Å². The lowest BCUT2D eigenvalue weighted by Gasteiger charge is -2.27. The molecule has 0 bridgehead atoms. The molecule has 1 aliphatic rings.